The monoisotopic (exact) mass is 138 g/mol. The van der Waals surface area contributed by atoms with Gasteiger partial charge >= 0.3 is 0 Å². The second-order valence-corrected chi connectivity index (χ2v) is 3.12. The van der Waals surface area contributed by atoms with Gasteiger partial charge in [-0.3, -0.25) is 0 Å². The molecular formula is C10H18. The van der Waals surface area contributed by atoms with Crippen LogP contribution < -0.4 is 0 Å². The lowest BCUT2D eigenvalue weighted by atomic mass is 10.1. The molecule has 0 rings (SSSR count). The van der Waals surface area contributed by atoms with Crippen LogP contribution in [-0.4, -0.2) is 0 Å². The maximum Gasteiger partial charge on any atom is -0.0230 e. The number of rotatable bonds is 4. The van der Waals surface area contributed by atoms with Crippen molar-refractivity contribution >= 4 is 0 Å². The molecule has 0 aromatic rings. The summed E-state index contributed by atoms with van der Waals surface area (Å²) in [6.07, 6.45) is 7.59. The van der Waals surface area contributed by atoms with Gasteiger partial charge in [-0.1, -0.05) is 39.0 Å². The summed E-state index contributed by atoms with van der Waals surface area (Å²) >= 11 is 0. The van der Waals surface area contributed by atoms with Crippen molar-refractivity contribution in [2.24, 2.45) is 11.8 Å². The average molecular weight is 138 g/mol. The molecule has 0 heterocycles. The molecule has 0 amide bonds. The van der Waals surface area contributed by atoms with Gasteiger partial charge in [0.1, 0.15) is 0 Å². The summed E-state index contributed by atoms with van der Waals surface area (Å²) in [5.41, 5.74) is 0. The molecule has 0 fully saturated rings. The van der Waals surface area contributed by atoms with Gasteiger partial charge in [0.2, 0.25) is 0 Å². The molecule has 0 spiro atoms. The molecule has 58 valence electrons. The van der Waals surface area contributed by atoms with Crippen LogP contribution in [0.4, 0.5) is 0 Å². The van der Waals surface area contributed by atoms with E-state index in [1.807, 2.05) is 6.08 Å². The van der Waals surface area contributed by atoms with Crippen LogP contribution in [0.15, 0.2) is 24.8 Å². The van der Waals surface area contributed by atoms with E-state index < -0.39 is 0 Å². The van der Waals surface area contributed by atoms with Crippen molar-refractivity contribution in [3.8, 4) is 0 Å². The van der Waals surface area contributed by atoms with Crippen molar-refractivity contribution in [3.05, 3.63) is 24.8 Å². The van der Waals surface area contributed by atoms with Crippen LogP contribution in [0.5, 0.6) is 0 Å². The van der Waals surface area contributed by atoms with E-state index in [-0.39, 0.29) is 0 Å². The highest BCUT2D eigenvalue weighted by atomic mass is 14.0. The van der Waals surface area contributed by atoms with Gasteiger partial charge in [0.15, 0.2) is 0 Å². The van der Waals surface area contributed by atoms with E-state index in [0.29, 0.717) is 11.8 Å². The lowest BCUT2D eigenvalue weighted by molar-refractivity contribution is 0.734. The quantitative estimate of drug-likeness (QED) is 0.522. The first-order chi connectivity index (χ1) is 4.66. The van der Waals surface area contributed by atoms with Crippen molar-refractivity contribution in [3.63, 3.8) is 0 Å². The zero-order valence-corrected chi connectivity index (χ0v) is 7.30. The number of hydrogen-bond donors (Lipinski definition) is 0. The minimum absolute atomic E-state index is 0.620. The summed E-state index contributed by atoms with van der Waals surface area (Å²) < 4.78 is 0. The molecule has 0 bridgehead atoms. The third-order valence-electron chi connectivity index (χ3n) is 1.43. The Hall–Kier alpha value is -0.520. The Kier molecular flexibility index (Phi) is 5.00. The van der Waals surface area contributed by atoms with Crippen LogP contribution in [0.3, 0.4) is 0 Å². The molecule has 1 atom stereocenters. The Balaban J connectivity index is 3.42. The fourth-order valence-corrected chi connectivity index (χ4v) is 0.662. The van der Waals surface area contributed by atoms with Crippen LogP contribution in [-0.2, 0) is 0 Å². The van der Waals surface area contributed by atoms with E-state index in [4.69, 9.17) is 0 Å². The zero-order valence-electron chi connectivity index (χ0n) is 7.30. The van der Waals surface area contributed by atoms with Crippen LogP contribution >= 0.6 is 0 Å². The fraction of sp³-hybridized carbons (Fsp3) is 0.600. The van der Waals surface area contributed by atoms with E-state index in [1.165, 1.54) is 0 Å². The summed E-state index contributed by atoms with van der Waals surface area (Å²) in [6, 6.07) is 0. The third kappa shape index (κ3) is 5.61. The fourth-order valence-electron chi connectivity index (χ4n) is 0.662. The molecule has 0 unspecified atom stereocenters. The lowest BCUT2D eigenvalue weighted by Gasteiger charge is -1.99. The van der Waals surface area contributed by atoms with Gasteiger partial charge in [-0.15, -0.1) is 6.58 Å². The molecule has 0 N–H and O–H groups in total. The van der Waals surface area contributed by atoms with Crippen LogP contribution in [0.2, 0.25) is 0 Å². The maximum absolute atomic E-state index is 3.72. The summed E-state index contributed by atoms with van der Waals surface area (Å²) in [6.45, 7) is 10.3. The predicted molar refractivity (Wildman–Crippen MR) is 48.0 cm³/mol. The highest BCUT2D eigenvalue weighted by molar-refractivity contribution is 4.89. The molecule has 0 aromatic carbocycles. The van der Waals surface area contributed by atoms with E-state index in [9.17, 15) is 0 Å². The molecule has 0 aromatic heterocycles. The van der Waals surface area contributed by atoms with Gasteiger partial charge in [-0.2, -0.15) is 0 Å². The largest absolute Gasteiger partial charge is 0.103 e. The average Bonchev–Trinajstić information content (AvgIpc) is 1.87. The smallest absolute Gasteiger partial charge is 0.0230 e. The Morgan fingerprint density at radius 1 is 1.30 bits per heavy atom. The minimum atomic E-state index is 0.620. The van der Waals surface area contributed by atoms with Crippen molar-refractivity contribution in [1.82, 2.24) is 0 Å². The first-order valence-corrected chi connectivity index (χ1v) is 3.96. The van der Waals surface area contributed by atoms with E-state index >= 15 is 0 Å². The Morgan fingerprint density at radius 3 is 2.30 bits per heavy atom. The maximum atomic E-state index is 3.72. The van der Waals surface area contributed by atoms with Gasteiger partial charge < -0.3 is 0 Å². The van der Waals surface area contributed by atoms with Gasteiger partial charge in [0, 0.05) is 0 Å². The summed E-state index contributed by atoms with van der Waals surface area (Å²) in [7, 11) is 0. The Labute approximate surface area is 64.6 Å². The molecule has 0 radical (unpaired) electrons. The van der Waals surface area contributed by atoms with Gasteiger partial charge in [-0.05, 0) is 18.3 Å². The van der Waals surface area contributed by atoms with E-state index in [1.54, 1.807) is 0 Å². The molecule has 0 aliphatic rings. The van der Waals surface area contributed by atoms with Crippen molar-refractivity contribution < 1.29 is 0 Å². The normalized spacial score (nSPS) is 14.4. The highest BCUT2D eigenvalue weighted by Crippen LogP contribution is 2.04. The minimum Gasteiger partial charge on any atom is -0.103 e. The highest BCUT2D eigenvalue weighted by Gasteiger charge is 1.90. The molecule has 10 heavy (non-hydrogen) atoms. The summed E-state index contributed by atoms with van der Waals surface area (Å²) in [5.74, 6) is 1.30. The van der Waals surface area contributed by atoms with E-state index in [2.05, 4.69) is 39.5 Å². The SMILES string of the molecule is C=C[C@@H](C)CC=CC(C)C. The van der Waals surface area contributed by atoms with Crippen LogP contribution in [0.25, 0.3) is 0 Å². The molecule has 0 aliphatic heterocycles. The van der Waals surface area contributed by atoms with Gasteiger partial charge in [-0.25, -0.2) is 0 Å². The molecular weight excluding hydrogens is 120 g/mol. The molecule has 0 heteroatoms. The first kappa shape index (κ1) is 9.48. The second kappa shape index (κ2) is 5.28. The van der Waals surface area contributed by atoms with E-state index in [0.717, 1.165) is 6.42 Å². The number of allylic oxidation sites excluding steroid dienone is 3. The van der Waals surface area contributed by atoms with Crippen molar-refractivity contribution in [1.29, 1.82) is 0 Å². The molecule has 0 saturated carbocycles. The number of hydrogen-bond acceptors (Lipinski definition) is 0. The molecule has 0 saturated heterocycles. The topological polar surface area (TPSA) is 0 Å². The molecule has 0 nitrogen and oxygen atoms in total. The standard InChI is InChI=1S/C10H18/c1-5-10(4)8-6-7-9(2)3/h5-7,9-10H,1,8H2,2-4H3/t10-/m1/s1. The molecule has 0 aliphatic carbocycles. The summed E-state index contributed by atoms with van der Waals surface area (Å²) in [4.78, 5) is 0. The first-order valence-electron chi connectivity index (χ1n) is 3.96. The Morgan fingerprint density at radius 2 is 1.90 bits per heavy atom. The lowest BCUT2D eigenvalue weighted by Crippen LogP contribution is -1.85. The van der Waals surface area contributed by atoms with Crippen LogP contribution in [0, 0.1) is 11.8 Å². The van der Waals surface area contributed by atoms with Crippen molar-refractivity contribution in [2.45, 2.75) is 27.2 Å². The predicted octanol–water partition coefficient (Wildman–Crippen LogP) is 3.41. The zero-order chi connectivity index (χ0) is 7.98. The summed E-state index contributed by atoms with van der Waals surface area (Å²) in [5, 5.41) is 0. The van der Waals surface area contributed by atoms with Crippen molar-refractivity contribution in [2.75, 3.05) is 0 Å². The second-order valence-electron chi connectivity index (χ2n) is 3.12. The third-order valence-corrected chi connectivity index (χ3v) is 1.43. The Bertz CT molecular complexity index is 109. The van der Waals surface area contributed by atoms with Crippen LogP contribution in [0.1, 0.15) is 27.2 Å². The van der Waals surface area contributed by atoms with Gasteiger partial charge in [0.05, 0.1) is 0 Å². The van der Waals surface area contributed by atoms with Gasteiger partial charge in [0.25, 0.3) is 0 Å².